The summed E-state index contributed by atoms with van der Waals surface area (Å²) < 4.78 is 1.53. The topological polar surface area (TPSA) is 42.0 Å². The van der Waals surface area contributed by atoms with E-state index in [4.69, 9.17) is 11.6 Å². The smallest absolute Gasteiger partial charge is 0.258 e. The van der Waals surface area contributed by atoms with E-state index in [1.807, 2.05) is 0 Å². The number of aromatic nitrogens is 1. The predicted octanol–water partition coefficient (Wildman–Crippen LogP) is 4.51. The van der Waals surface area contributed by atoms with E-state index in [1.165, 1.54) is 0 Å². The molecule has 0 bridgehead atoms. The van der Waals surface area contributed by atoms with Crippen LogP contribution in [0.4, 0.5) is 5.82 Å². The van der Waals surface area contributed by atoms with Crippen molar-refractivity contribution in [1.82, 2.24) is 4.98 Å². The van der Waals surface area contributed by atoms with Gasteiger partial charge in [0.2, 0.25) is 0 Å². The summed E-state index contributed by atoms with van der Waals surface area (Å²) in [6.07, 6.45) is 1.61. The van der Waals surface area contributed by atoms with Gasteiger partial charge in [-0.2, -0.15) is 0 Å². The van der Waals surface area contributed by atoms with Gasteiger partial charge in [-0.25, -0.2) is 4.98 Å². The van der Waals surface area contributed by atoms with Crippen LogP contribution in [0.1, 0.15) is 10.4 Å². The summed E-state index contributed by atoms with van der Waals surface area (Å²) in [7, 11) is 0. The Labute approximate surface area is 126 Å². The number of anilines is 1. The van der Waals surface area contributed by atoms with Crippen LogP contribution in [0.2, 0.25) is 5.02 Å². The van der Waals surface area contributed by atoms with Crippen LogP contribution in [-0.4, -0.2) is 10.9 Å². The SMILES string of the molecule is O=C(Nc1ccc(Br)cn1)c1cccc(Br)c1Cl. The molecule has 1 heterocycles. The molecule has 0 aliphatic rings. The van der Waals surface area contributed by atoms with E-state index >= 15 is 0 Å². The molecule has 1 N–H and O–H groups in total. The van der Waals surface area contributed by atoms with Crippen LogP contribution in [0.25, 0.3) is 0 Å². The fourth-order valence-corrected chi connectivity index (χ4v) is 2.13. The molecule has 92 valence electrons. The molecular weight excluding hydrogens is 383 g/mol. The highest BCUT2D eigenvalue weighted by molar-refractivity contribution is 9.10. The second-order valence-electron chi connectivity index (χ2n) is 3.42. The average Bonchev–Trinajstić information content (AvgIpc) is 2.35. The fraction of sp³-hybridized carbons (Fsp3) is 0. The third kappa shape index (κ3) is 3.10. The number of carbonyl (C=O) groups excluding carboxylic acids is 1. The Morgan fingerprint density at radius 3 is 2.67 bits per heavy atom. The molecule has 0 fully saturated rings. The average molecular weight is 390 g/mol. The lowest BCUT2D eigenvalue weighted by molar-refractivity contribution is 0.102. The summed E-state index contributed by atoms with van der Waals surface area (Å²) in [4.78, 5) is 16.1. The van der Waals surface area contributed by atoms with Gasteiger partial charge < -0.3 is 5.32 Å². The standard InChI is InChI=1S/C12H7Br2ClN2O/c13-7-4-5-10(16-6-7)17-12(18)8-2-1-3-9(14)11(8)15/h1-6H,(H,16,17,18). The Balaban J connectivity index is 2.22. The van der Waals surface area contributed by atoms with Crippen molar-refractivity contribution in [2.24, 2.45) is 0 Å². The normalized spacial score (nSPS) is 10.2. The van der Waals surface area contributed by atoms with Crippen molar-refractivity contribution < 1.29 is 4.79 Å². The van der Waals surface area contributed by atoms with E-state index < -0.39 is 0 Å². The first-order valence-electron chi connectivity index (χ1n) is 4.95. The van der Waals surface area contributed by atoms with Crippen molar-refractivity contribution in [3.63, 3.8) is 0 Å². The van der Waals surface area contributed by atoms with Gasteiger partial charge in [0.05, 0.1) is 10.6 Å². The van der Waals surface area contributed by atoms with Gasteiger partial charge in [0.25, 0.3) is 5.91 Å². The van der Waals surface area contributed by atoms with Crippen LogP contribution < -0.4 is 5.32 Å². The third-order valence-electron chi connectivity index (χ3n) is 2.17. The third-order valence-corrected chi connectivity index (χ3v) is 3.93. The van der Waals surface area contributed by atoms with Crippen LogP contribution in [0.3, 0.4) is 0 Å². The van der Waals surface area contributed by atoms with Crippen molar-refractivity contribution in [2.45, 2.75) is 0 Å². The largest absolute Gasteiger partial charge is 0.307 e. The molecule has 0 atom stereocenters. The Bertz CT molecular complexity index is 587. The van der Waals surface area contributed by atoms with E-state index in [0.717, 1.165) is 4.47 Å². The maximum Gasteiger partial charge on any atom is 0.258 e. The zero-order chi connectivity index (χ0) is 13.1. The van der Waals surface area contributed by atoms with Gasteiger partial charge in [-0.05, 0) is 56.1 Å². The van der Waals surface area contributed by atoms with Crippen molar-refractivity contribution in [1.29, 1.82) is 0 Å². The van der Waals surface area contributed by atoms with Crippen LogP contribution in [-0.2, 0) is 0 Å². The second kappa shape index (κ2) is 5.82. The van der Waals surface area contributed by atoms with Crippen molar-refractivity contribution in [3.8, 4) is 0 Å². The van der Waals surface area contributed by atoms with E-state index in [0.29, 0.717) is 20.9 Å². The van der Waals surface area contributed by atoms with Crippen molar-refractivity contribution in [2.75, 3.05) is 5.32 Å². The van der Waals surface area contributed by atoms with Gasteiger partial charge in [0, 0.05) is 15.1 Å². The Hall–Kier alpha value is -0.910. The number of hydrogen-bond donors (Lipinski definition) is 1. The van der Waals surface area contributed by atoms with Crippen LogP contribution in [0.5, 0.6) is 0 Å². The van der Waals surface area contributed by atoms with Crippen molar-refractivity contribution in [3.05, 3.63) is 56.1 Å². The molecule has 2 rings (SSSR count). The van der Waals surface area contributed by atoms with Crippen LogP contribution in [0.15, 0.2) is 45.5 Å². The lowest BCUT2D eigenvalue weighted by Gasteiger charge is -2.07. The molecule has 2 aromatic rings. The minimum Gasteiger partial charge on any atom is -0.307 e. The summed E-state index contributed by atoms with van der Waals surface area (Å²) in [6.45, 7) is 0. The first kappa shape index (κ1) is 13.5. The molecule has 0 aliphatic heterocycles. The molecule has 18 heavy (non-hydrogen) atoms. The van der Waals surface area contributed by atoms with E-state index in [9.17, 15) is 4.79 Å². The Morgan fingerprint density at radius 1 is 1.22 bits per heavy atom. The molecule has 6 heteroatoms. The van der Waals surface area contributed by atoms with Gasteiger partial charge in [0.1, 0.15) is 5.82 Å². The summed E-state index contributed by atoms with van der Waals surface area (Å²) >= 11 is 12.6. The number of amides is 1. The summed E-state index contributed by atoms with van der Waals surface area (Å²) in [5.41, 5.74) is 0.399. The molecule has 0 radical (unpaired) electrons. The second-order valence-corrected chi connectivity index (χ2v) is 5.57. The number of carbonyl (C=O) groups is 1. The Kier molecular flexibility index (Phi) is 4.37. The molecular formula is C12H7Br2ClN2O. The van der Waals surface area contributed by atoms with Crippen LogP contribution in [0, 0.1) is 0 Å². The molecule has 1 amide bonds. The number of nitrogens with one attached hydrogen (secondary N) is 1. The molecule has 1 aromatic heterocycles. The Morgan fingerprint density at radius 2 is 2.00 bits per heavy atom. The van der Waals surface area contributed by atoms with E-state index in [-0.39, 0.29) is 5.91 Å². The monoisotopic (exact) mass is 388 g/mol. The summed E-state index contributed by atoms with van der Waals surface area (Å²) in [5.74, 6) is 0.176. The molecule has 0 aliphatic carbocycles. The van der Waals surface area contributed by atoms with Gasteiger partial charge in [0.15, 0.2) is 0 Å². The first-order valence-corrected chi connectivity index (χ1v) is 6.91. The van der Waals surface area contributed by atoms with Gasteiger partial charge >= 0.3 is 0 Å². The number of hydrogen-bond acceptors (Lipinski definition) is 2. The quantitative estimate of drug-likeness (QED) is 0.820. The first-order chi connectivity index (χ1) is 8.58. The number of benzene rings is 1. The number of rotatable bonds is 2. The number of pyridine rings is 1. The van der Waals surface area contributed by atoms with E-state index in [2.05, 4.69) is 42.2 Å². The molecule has 0 spiro atoms. The summed E-state index contributed by atoms with van der Waals surface area (Å²) in [5, 5.41) is 3.06. The van der Waals surface area contributed by atoms with Gasteiger partial charge in [-0.1, -0.05) is 17.7 Å². The number of halogens is 3. The lowest BCUT2D eigenvalue weighted by Crippen LogP contribution is -2.13. The zero-order valence-electron chi connectivity index (χ0n) is 8.95. The fourth-order valence-electron chi connectivity index (χ4n) is 1.31. The molecule has 0 saturated carbocycles. The highest BCUT2D eigenvalue weighted by atomic mass is 79.9. The molecule has 0 unspecified atom stereocenters. The molecule has 1 aromatic carbocycles. The predicted molar refractivity (Wildman–Crippen MR) is 79.0 cm³/mol. The highest BCUT2D eigenvalue weighted by Gasteiger charge is 2.12. The highest BCUT2D eigenvalue weighted by Crippen LogP contribution is 2.26. The van der Waals surface area contributed by atoms with Gasteiger partial charge in [-0.3, -0.25) is 4.79 Å². The lowest BCUT2D eigenvalue weighted by atomic mass is 10.2. The zero-order valence-corrected chi connectivity index (χ0v) is 12.9. The molecule has 0 saturated heterocycles. The minimum atomic E-state index is -0.295. The van der Waals surface area contributed by atoms with Crippen LogP contribution >= 0.6 is 43.5 Å². The van der Waals surface area contributed by atoms with Gasteiger partial charge in [-0.15, -0.1) is 0 Å². The number of nitrogens with zero attached hydrogens (tertiary/aromatic N) is 1. The van der Waals surface area contributed by atoms with E-state index in [1.54, 1.807) is 36.5 Å². The maximum atomic E-state index is 12.0. The summed E-state index contributed by atoms with van der Waals surface area (Å²) in [6, 6.07) is 8.68. The minimum absolute atomic E-state index is 0.295. The maximum absolute atomic E-state index is 12.0. The molecule has 3 nitrogen and oxygen atoms in total. The van der Waals surface area contributed by atoms with Crippen molar-refractivity contribution >= 4 is 55.2 Å².